The minimum absolute atomic E-state index is 0.0915. The standard InChI is InChI=1S/C23H33N5O5S/c1-16-11-19(32-4)12-17(2)21(16)34(30,31)15-20-24-25-22(33-20)23(29)28-6-5-18(14-28)13-27-9-7-26(3)8-10-27/h11-12,18H,5-10,13-15H2,1-4H3. The first-order valence-corrected chi connectivity index (χ1v) is 13.2. The Balaban J connectivity index is 1.38. The van der Waals surface area contributed by atoms with Gasteiger partial charge >= 0.3 is 11.8 Å². The Bertz CT molecular complexity index is 1120. The van der Waals surface area contributed by atoms with Gasteiger partial charge in [-0.25, -0.2) is 8.42 Å². The fourth-order valence-electron chi connectivity index (χ4n) is 4.85. The first-order valence-electron chi connectivity index (χ1n) is 11.6. The van der Waals surface area contributed by atoms with Crippen LogP contribution < -0.4 is 4.74 Å². The third kappa shape index (κ3) is 5.42. The quantitative estimate of drug-likeness (QED) is 0.567. The van der Waals surface area contributed by atoms with Crippen LogP contribution in [0.1, 0.15) is 34.1 Å². The first-order chi connectivity index (χ1) is 16.2. The SMILES string of the molecule is COc1cc(C)c(S(=O)(=O)Cc2nnc(C(=O)N3CCC(CN4CCN(C)CC4)C3)o2)c(C)c1. The Labute approximate surface area is 200 Å². The number of nitrogens with zero attached hydrogens (tertiary/aromatic N) is 5. The van der Waals surface area contributed by atoms with Crippen LogP contribution in [0, 0.1) is 19.8 Å². The van der Waals surface area contributed by atoms with Gasteiger partial charge in [-0.3, -0.25) is 4.79 Å². The molecule has 0 N–H and O–H groups in total. The zero-order valence-corrected chi connectivity index (χ0v) is 21.1. The van der Waals surface area contributed by atoms with E-state index in [1.54, 1.807) is 30.9 Å². The van der Waals surface area contributed by atoms with Crippen LogP contribution in [-0.2, 0) is 15.6 Å². The predicted octanol–water partition coefficient (Wildman–Crippen LogP) is 1.38. The summed E-state index contributed by atoms with van der Waals surface area (Å²) < 4.78 is 36.8. The molecule has 2 fully saturated rings. The lowest BCUT2D eigenvalue weighted by Crippen LogP contribution is -2.46. The van der Waals surface area contributed by atoms with Gasteiger partial charge in [0.2, 0.25) is 5.89 Å². The monoisotopic (exact) mass is 491 g/mol. The summed E-state index contributed by atoms with van der Waals surface area (Å²) in [5.74, 6) is -0.0474. The van der Waals surface area contributed by atoms with Crippen molar-refractivity contribution in [3.63, 3.8) is 0 Å². The number of piperazine rings is 1. The van der Waals surface area contributed by atoms with Gasteiger partial charge in [0, 0.05) is 45.8 Å². The Morgan fingerprint density at radius 3 is 2.44 bits per heavy atom. The van der Waals surface area contributed by atoms with Crippen molar-refractivity contribution in [2.24, 2.45) is 5.92 Å². The molecule has 11 heteroatoms. The summed E-state index contributed by atoms with van der Waals surface area (Å²) in [7, 11) is -0.0743. The van der Waals surface area contributed by atoms with Crippen LogP contribution >= 0.6 is 0 Å². The highest BCUT2D eigenvalue weighted by atomic mass is 32.2. The van der Waals surface area contributed by atoms with Crippen molar-refractivity contribution in [3.05, 3.63) is 35.0 Å². The summed E-state index contributed by atoms with van der Waals surface area (Å²) in [6, 6.07) is 3.35. The van der Waals surface area contributed by atoms with Crippen molar-refractivity contribution in [2.45, 2.75) is 30.9 Å². The van der Waals surface area contributed by atoms with E-state index in [4.69, 9.17) is 9.15 Å². The smallest absolute Gasteiger partial charge is 0.311 e. The molecule has 4 rings (SSSR count). The van der Waals surface area contributed by atoms with Crippen molar-refractivity contribution in [1.29, 1.82) is 0 Å². The molecule has 10 nitrogen and oxygen atoms in total. The molecule has 1 amide bonds. The minimum atomic E-state index is -3.75. The molecule has 1 atom stereocenters. The number of likely N-dealkylation sites (N-methyl/N-ethyl adjacent to an activating group) is 1. The molecular formula is C23H33N5O5S. The topological polar surface area (TPSA) is 109 Å². The molecule has 1 unspecified atom stereocenters. The van der Waals surface area contributed by atoms with Crippen molar-refractivity contribution in [3.8, 4) is 5.75 Å². The van der Waals surface area contributed by atoms with Gasteiger partial charge in [0.15, 0.2) is 9.84 Å². The largest absolute Gasteiger partial charge is 0.497 e. The number of ether oxygens (including phenoxy) is 1. The van der Waals surface area contributed by atoms with Crippen LogP contribution in [0.25, 0.3) is 0 Å². The molecule has 2 aromatic rings. The third-order valence-electron chi connectivity index (χ3n) is 6.63. The molecule has 34 heavy (non-hydrogen) atoms. The Hall–Kier alpha value is -2.50. The highest BCUT2D eigenvalue weighted by Crippen LogP contribution is 2.28. The maximum absolute atomic E-state index is 13.1. The number of amides is 1. The van der Waals surface area contributed by atoms with Crippen molar-refractivity contribution in [2.75, 3.05) is 60.0 Å². The Morgan fingerprint density at radius 2 is 1.79 bits per heavy atom. The average molecular weight is 492 g/mol. The summed E-state index contributed by atoms with van der Waals surface area (Å²) in [5, 5.41) is 7.70. The molecule has 1 aromatic heterocycles. The number of likely N-dealkylation sites (tertiary alicyclic amines) is 1. The molecule has 186 valence electrons. The fourth-order valence-corrected chi connectivity index (χ4v) is 6.53. The van der Waals surface area contributed by atoms with E-state index in [1.807, 2.05) is 0 Å². The molecule has 3 heterocycles. The fraction of sp³-hybridized carbons (Fsp3) is 0.609. The molecular weight excluding hydrogens is 458 g/mol. The average Bonchev–Trinajstić information content (AvgIpc) is 3.43. The molecule has 2 aliphatic heterocycles. The number of sulfone groups is 1. The van der Waals surface area contributed by atoms with E-state index in [1.165, 1.54) is 7.11 Å². The summed E-state index contributed by atoms with van der Waals surface area (Å²) in [6.07, 6.45) is 0.934. The lowest BCUT2D eigenvalue weighted by Gasteiger charge is -2.33. The van der Waals surface area contributed by atoms with Crippen LogP contribution in [0.4, 0.5) is 0 Å². The second-order valence-electron chi connectivity index (χ2n) is 9.36. The van der Waals surface area contributed by atoms with Gasteiger partial charge in [0.1, 0.15) is 11.5 Å². The Morgan fingerprint density at radius 1 is 1.12 bits per heavy atom. The predicted molar refractivity (Wildman–Crippen MR) is 126 cm³/mol. The Kier molecular flexibility index (Phi) is 7.25. The van der Waals surface area contributed by atoms with E-state index in [-0.39, 0.29) is 22.6 Å². The summed E-state index contributed by atoms with van der Waals surface area (Å²) in [5.41, 5.74) is 1.16. The van der Waals surface area contributed by atoms with Crippen molar-refractivity contribution >= 4 is 15.7 Å². The summed E-state index contributed by atoms with van der Waals surface area (Å²) in [4.78, 5) is 19.6. The normalized spacial score (nSPS) is 20.1. The van der Waals surface area contributed by atoms with E-state index in [0.717, 1.165) is 39.1 Å². The van der Waals surface area contributed by atoms with Gasteiger partial charge in [0.05, 0.1) is 12.0 Å². The lowest BCUT2D eigenvalue weighted by molar-refractivity contribution is 0.0738. The van der Waals surface area contributed by atoms with Crippen LogP contribution in [0.3, 0.4) is 0 Å². The van der Waals surface area contributed by atoms with Crippen molar-refractivity contribution in [1.82, 2.24) is 24.9 Å². The maximum atomic E-state index is 13.1. The first kappa shape index (κ1) is 24.6. The molecule has 1 aromatic carbocycles. The number of carbonyl (C=O) groups excluding carboxylic acids is 1. The molecule has 0 saturated carbocycles. The third-order valence-corrected chi connectivity index (χ3v) is 8.52. The molecule has 0 radical (unpaired) electrons. The summed E-state index contributed by atoms with van der Waals surface area (Å²) >= 11 is 0. The van der Waals surface area contributed by atoms with E-state index >= 15 is 0 Å². The van der Waals surface area contributed by atoms with Gasteiger partial charge < -0.3 is 23.9 Å². The van der Waals surface area contributed by atoms with Crippen LogP contribution in [0.5, 0.6) is 5.75 Å². The molecule has 0 aliphatic carbocycles. The van der Waals surface area contributed by atoms with E-state index in [9.17, 15) is 13.2 Å². The number of benzene rings is 1. The molecule has 0 spiro atoms. The van der Waals surface area contributed by atoms with E-state index < -0.39 is 15.6 Å². The highest BCUT2D eigenvalue weighted by molar-refractivity contribution is 7.90. The number of rotatable bonds is 7. The number of carbonyl (C=O) groups is 1. The van der Waals surface area contributed by atoms with Gasteiger partial charge in [-0.15, -0.1) is 10.2 Å². The van der Waals surface area contributed by atoms with Crippen LogP contribution in [0.15, 0.2) is 21.4 Å². The van der Waals surface area contributed by atoms with Gasteiger partial charge in [0.25, 0.3) is 0 Å². The van der Waals surface area contributed by atoms with Crippen LogP contribution in [0.2, 0.25) is 0 Å². The highest BCUT2D eigenvalue weighted by Gasteiger charge is 2.32. The summed E-state index contributed by atoms with van der Waals surface area (Å²) in [6.45, 7) is 9.94. The molecule has 0 bridgehead atoms. The van der Waals surface area contributed by atoms with Crippen molar-refractivity contribution < 1.29 is 22.4 Å². The number of aromatic nitrogens is 2. The maximum Gasteiger partial charge on any atom is 0.311 e. The van der Waals surface area contributed by atoms with Gasteiger partial charge in [-0.05, 0) is 56.5 Å². The minimum Gasteiger partial charge on any atom is -0.497 e. The zero-order chi connectivity index (χ0) is 24.5. The number of hydrogen-bond donors (Lipinski definition) is 0. The lowest BCUT2D eigenvalue weighted by atomic mass is 10.1. The molecule has 2 saturated heterocycles. The molecule has 2 aliphatic rings. The van der Waals surface area contributed by atoms with E-state index in [2.05, 4.69) is 27.0 Å². The van der Waals surface area contributed by atoms with Gasteiger partial charge in [-0.1, -0.05) is 0 Å². The number of hydrogen-bond acceptors (Lipinski definition) is 9. The number of aryl methyl sites for hydroxylation is 2. The number of methoxy groups -OCH3 is 1. The second-order valence-corrected chi connectivity index (χ2v) is 11.3. The second kappa shape index (κ2) is 10.0. The van der Waals surface area contributed by atoms with E-state index in [0.29, 0.717) is 35.9 Å². The zero-order valence-electron chi connectivity index (χ0n) is 20.3. The van der Waals surface area contributed by atoms with Gasteiger partial charge in [-0.2, -0.15) is 0 Å². The van der Waals surface area contributed by atoms with Crippen LogP contribution in [-0.4, -0.2) is 99.2 Å².